The Morgan fingerprint density at radius 2 is 2.20 bits per heavy atom. The predicted molar refractivity (Wildman–Crippen MR) is 95.7 cm³/mol. The van der Waals surface area contributed by atoms with Crippen molar-refractivity contribution < 1.29 is 14.4 Å². The van der Waals surface area contributed by atoms with Gasteiger partial charge < -0.3 is 20.1 Å². The van der Waals surface area contributed by atoms with Gasteiger partial charge in [0.05, 0.1) is 17.6 Å². The quantitative estimate of drug-likeness (QED) is 0.232. The fraction of sp³-hybridized carbons (Fsp3) is 0.588. The molecule has 8 nitrogen and oxygen atoms in total. The Morgan fingerprint density at radius 3 is 2.84 bits per heavy atom. The van der Waals surface area contributed by atoms with Crippen molar-refractivity contribution in [3.8, 4) is 0 Å². The van der Waals surface area contributed by atoms with Crippen LogP contribution in [0.1, 0.15) is 24.8 Å². The van der Waals surface area contributed by atoms with Crippen molar-refractivity contribution in [1.82, 2.24) is 10.6 Å². The Hall–Kier alpha value is -2.19. The van der Waals surface area contributed by atoms with E-state index in [4.69, 9.17) is 9.47 Å². The minimum atomic E-state index is -0.404. The Balaban J connectivity index is 1.57. The molecule has 0 aromatic heterocycles. The van der Waals surface area contributed by atoms with Crippen LogP contribution >= 0.6 is 0 Å². The predicted octanol–water partition coefficient (Wildman–Crippen LogP) is 1.85. The molecule has 1 aliphatic heterocycles. The molecule has 1 atom stereocenters. The Morgan fingerprint density at radius 1 is 1.40 bits per heavy atom. The molecule has 1 heterocycles. The summed E-state index contributed by atoms with van der Waals surface area (Å²) in [7, 11) is 1.71. The maximum atomic E-state index is 10.6. The van der Waals surface area contributed by atoms with E-state index in [1.807, 2.05) is 0 Å². The zero-order valence-electron chi connectivity index (χ0n) is 14.6. The highest BCUT2D eigenvalue weighted by Crippen LogP contribution is 2.12. The van der Waals surface area contributed by atoms with Crippen LogP contribution in [-0.2, 0) is 16.0 Å². The van der Waals surface area contributed by atoms with Gasteiger partial charge in [-0.05, 0) is 24.8 Å². The summed E-state index contributed by atoms with van der Waals surface area (Å²) in [4.78, 5) is 14.4. The minimum absolute atomic E-state index is 0.0919. The van der Waals surface area contributed by atoms with E-state index >= 15 is 0 Å². The Labute approximate surface area is 147 Å². The summed E-state index contributed by atoms with van der Waals surface area (Å²) < 4.78 is 11.1. The van der Waals surface area contributed by atoms with Crippen molar-refractivity contribution in [1.29, 1.82) is 0 Å². The Bertz CT molecular complexity index is 556. The molecule has 8 heteroatoms. The summed E-state index contributed by atoms with van der Waals surface area (Å²) in [5, 5.41) is 17.0. The average molecular weight is 350 g/mol. The zero-order valence-corrected chi connectivity index (χ0v) is 14.6. The molecule has 0 bridgehead atoms. The van der Waals surface area contributed by atoms with E-state index in [-0.39, 0.29) is 11.8 Å². The summed E-state index contributed by atoms with van der Waals surface area (Å²) in [6, 6.07) is 6.46. The maximum Gasteiger partial charge on any atom is 0.269 e. The summed E-state index contributed by atoms with van der Waals surface area (Å²) in [5.74, 6) is 0.692. The SMILES string of the molecule is CN=C(NCCCOCC1CCCO1)NCc1ccc([N+](=O)[O-])cc1. The first-order valence-electron chi connectivity index (χ1n) is 8.56. The van der Waals surface area contributed by atoms with Gasteiger partial charge in [-0.1, -0.05) is 12.1 Å². The van der Waals surface area contributed by atoms with Gasteiger partial charge in [-0.15, -0.1) is 0 Å². The van der Waals surface area contributed by atoms with Gasteiger partial charge in [0.1, 0.15) is 0 Å². The zero-order chi connectivity index (χ0) is 17.9. The van der Waals surface area contributed by atoms with Gasteiger partial charge in [-0.3, -0.25) is 15.1 Å². The number of nitrogens with one attached hydrogen (secondary N) is 2. The summed E-state index contributed by atoms with van der Waals surface area (Å²) in [6.07, 6.45) is 3.37. The standard InChI is InChI=1S/C17H26N4O4/c1-18-17(19-9-3-10-24-13-16-4-2-11-25-16)20-12-14-5-7-15(8-6-14)21(22)23/h5-8,16H,2-4,9-13H2,1H3,(H2,18,19,20). The second kappa shape index (κ2) is 10.6. The molecule has 25 heavy (non-hydrogen) atoms. The third-order valence-electron chi connectivity index (χ3n) is 3.92. The number of benzene rings is 1. The lowest BCUT2D eigenvalue weighted by molar-refractivity contribution is -0.384. The van der Waals surface area contributed by atoms with Crippen LogP contribution < -0.4 is 10.6 Å². The average Bonchev–Trinajstić information content (AvgIpc) is 3.14. The van der Waals surface area contributed by atoms with E-state index in [9.17, 15) is 10.1 Å². The van der Waals surface area contributed by atoms with Gasteiger partial charge in [0.2, 0.25) is 0 Å². The van der Waals surface area contributed by atoms with Crippen LogP contribution in [0.2, 0.25) is 0 Å². The number of aliphatic imine (C=N–C) groups is 1. The number of non-ortho nitro benzene ring substituents is 1. The van der Waals surface area contributed by atoms with Gasteiger partial charge in [-0.25, -0.2) is 0 Å². The van der Waals surface area contributed by atoms with E-state index in [0.717, 1.165) is 38.0 Å². The molecule has 0 amide bonds. The molecule has 138 valence electrons. The number of hydrogen-bond acceptors (Lipinski definition) is 5. The molecule has 0 saturated carbocycles. The fourth-order valence-corrected chi connectivity index (χ4v) is 2.51. The molecule has 1 aromatic rings. The van der Waals surface area contributed by atoms with E-state index in [2.05, 4.69) is 15.6 Å². The van der Waals surface area contributed by atoms with Gasteiger partial charge in [0.25, 0.3) is 5.69 Å². The number of nitrogens with zero attached hydrogens (tertiary/aromatic N) is 2. The lowest BCUT2D eigenvalue weighted by Gasteiger charge is -2.13. The highest BCUT2D eigenvalue weighted by atomic mass is 16.6. The van der Waals surface area contributed by atoms with Crippen molar-refractivity contribution in [3.05, 3.63) is 39.9 Å². The van der Waals surface area contributed by atoms with Crippen LogP contribution in [0.3, 0.4) is 0 Å². The fourth-order valence-electron chi connectivity index (χ4n) is 2.51. The highest BCUT2D eigenvalue weighted by molar-refractivity contribution is 5.79. The molecule has 1 unspecified atom stereocenters. The van der Waals surface area contributed by atoms with Gasteiger partial charge in [-0.2, -0.15) is 0 Å². The third-order valence-corrected chi connectivity index (χ3v) is 3.92. The largest absolute Gasteiger partial charge is 0.379 e. The van der Waals surface area contributed by atoms with Gasteiger partial charge in [0, 0.05) is 45.5 Å². The van der Waals surface area contributed by atoms with E-state index in [0.29, 0.717) is 25.7 Å². The van der Waals surface area contributed by atoms with Gasteiger partial charge >= 0.3 is 0 Å². The van der Waals surface area contributed by atoms with Crippen molar-refractivity contribution in [3.63, 3.8) is 0 Å². The number of hydrogen-bond donors (Lipinski definition) is 2. The second-order valence-corrected chi connectivity index (χ2v) is 5.84. The summed E-state index contributed by atoms with van der Waals surface area (Å²) >= 11 is 0. The van der Waals surface area contributed by atoms with E-state index in [1.165, 1.54) is 12.1 Å². The van der Waals surface area contributed by atoms with Crippen LogP contribution in [0.25, 0.3) is 0 Å². The first kappa shape index (κ1) is 19.1. The Kier molecular flexibility index (Phi) is 8.14. The first-order valence-corrected chi connectivity index (χ1v) is 8.56. The lowest BCUT2D eigenvalue weighted by atomic mass is 10.2. The smallest absolute Gasteiger partial charge is 0.269 e. The normalized spacial score (nSPS) is 17.5. The van der Waals surface area contributed by atoms with Crippen molar-refractivity contribution in [2.24, 2.45) is 4.99 Å². The number of ether oxygens (including phenoxy) is 2. The maximum absolute atomic E-state index is 10.6. The topological polar surface area (TPSA) is 98.0 Å². The van der Waals surface area contributed by atoms with Crippen LogP contribution in [-0.4, -0.2) is 50.4 Å². The first-order chi connectivity index (χ1) is 12.2. The molecule has 1 aromatic carbocycles. The second-order valence-electron chi connectivity index (χ2n) is 5.84. The van der Waals surface area contributed by atoms with Crippen molar-refractivity contribution in [2.45, 2.75) is 31.9 Å². The molecule has 1 saturated heterocycles. The van der Waals surface area contributed by atoms with Crippen molar-refractivity contribution >= 4 is 11.6 Å². The van der Waals surface area contributed by atoms with Crippen LogP contribution in [0.15, 0.2) is 29.3 Å². The molecule has 0 aliphatic carbocycles. The van der Waals surface area contributed by atoms with Crippen LogP contribution in [0.5, 0.6) is 0 Å². The summed E-state index contributed by atoms with van der Waals surface area (Å²) in [6.45, 7) is 3.52. The summed E-state index contributed by atoms with van der Waals surface area (Å²) in [5.41, 5.74) is 1.04. The number of nitro groups is 1. The number of rotatable bonds is 9. The highest BCUT2D eigenvalue weighted by Gasteiger charge is 2.14. The molecule has 2 N–H and O–H groups in total. The number of guanidine groups is 1. The molecular formula is C17H26N4O4. The van der Waals surface area contributed by atoms with E-state index < -0.39 is 4.92 Å². The third kappa shape index (κ3) is 7.06. The molecular weight excluding hydrogens is 324 g/mol. The molecule has 0 radical (unpaired) electrons. The monoisotopic (exact) mass is 350 g/mol. The van der Waals surface area contributed by atoms with Gasteiger partial charge in [0.15, 0.2) is 5.96 Å². The molecule has 1 fully saturated rings. The lowest BCUT2D eigenvalue weighted by Crippen LogP contribution is -2.37. The number of nitro benzene ring substituents is 1. The molecule has 1 aliphatic rings. The molecule has 0 spiro atoms. The minimum Gasteiger partial charge on any atom is -0.379 e. The van der Waals surface area contributed by atoms with Crippen LogP contribution in [0.4, 0.5) is 5.69 Å². The van der Waals surface area contributed by atoms with E-state index in [1.54, 1.807) is 19.2 Å². The van der Waals surface area contributed by atoms with Crippen LogP contribution in [0, 0.1) is 10.1 Å². The van der Waals surface area contributed by atoms with Crippen molar-refractivity contribution in [2.75, 3.05) is 33.4 Å². The molecule has 2 rings (SSSR count).